The van der Waals surface area contributed by atoms with E-state index in [1.807, 2.05) is 19.2 Å². The summed E-state index contributed by atoms with van der Waals surface area (Å²) in [5.41, 5.74) is 1.25. The van der Waals surface area contributed by atoms with Crippen LogP contribution in [0.4, 0.5) is 0 Å². The number of hydrogen-bond donors (Lipinski definition) is 1. The van der Waals surface area contributed by atoms with Gasteiger partial charge in [0.2, 0.25) is 5.91 Å². The molecule has 1 aromatic carbocycles. The van der Waals surface area contributed by atoms with Crippen LogP contribution >= 0.6 is 0 Å². The quantitative estimate of drug-likeness (QED) is 0.861. The van der Waals surface area contributed by atoms with Crippen molar-refractivity contribution in [1.82, 2.24) is 10.2 Å². The van der Waals surface area contributed by atoms with Crippen molar-refractivity contribution >= 4 is 5.91 Å². The van der Waals surface area contributed by atoms with Crippen LogP contribution in [-0.4, -0.2) is 57.3 Å². The zero-order chi connectivity index (χ0) is 15.9. The van der Waals surface area contributed by atoms with Crippen LogP contribution in [0.2, 0.25) is 0 Å². The highest BCUT2D eigenvalue weighted by Crippen LogP contribution is 2.14. The van der Waals surface area contributed by atoms with Crippen molar-refractivity contribution in [2.24, 2.45) is 5.92 Å². The lowest BCUT2D eigenvalue weighted by molar-refractivity contribution is -0.137. The predicted octanol–water partition coefficient (Wildman–Crippen LogP) is 1.32. The number of amides is 1. The Morgan fingerprint density at radius 2 is 2.18 bits per heavy atom. The van der Waals surface area contributed by atoms with Gasteiger partial charge in [0.1, 0.15) is 11.9 Å². The van der Waals surface area contributed by atoms with Crippen LogP contribution in [-0.2, 0) is 16.0 Å². The summed E-state index contributed by atoms with van der Waals surface area (Å²) in [5, 5.41) is 3.00. The third kappa shape index (κ3) is 5.00. The molecule has 22 heavy (non-hydrogen) atoms. The molecule has 1 aliphatic rings. The molecule has 1 N–H and O–H groups in total. The van der Waals surface area contributed by atoms with Crippen LogP contribution in [0.25, 0.3) is 0 Å². The van der Waals surface area contributed by atoms with Gasteiger partial charge < -0.3 is 19.7 Å². The monoisotopic (exact) mass is 306 g/mol. The maximum atomic E-state index is 12.1. The van der Waals surface area contributed by atoms with E-state index in [9.17, 15) is 4.79 Å². The number of hydrogen-bond acceptors (Lipinski definition) is 4. The highest BCUT2D eigenvalue weighted by molar-refractivity contribution is 5.81. The van der Waals surface area contributed by atoms with E-state index in [1.54, 1.807) is 7.11 Å². The minimum atomic E-state index is -0.341. The summed E-state index contributed by atoms with van der Waals surface area (Å²) in [5.74, 6) is 1.23. The maximum Gasteiger partial charge on any atom is 0.250 e. The summed E-state index contributed by atoms with van der Waals surface area (Å²) in [6.07, 6.45) is 0.585. The lowest BCUT2D eigenvalue weighted by atomic mass is 10.0. The van der Waals surface area contributed by atoms with Crippen molar-refractivity contribution in [1.29, 1.82) is 0 Å². The molecule has 0 aromatic heterocycles. The van der Waals surface area contributed by atoms with Crippen LogP contribution in [0.1, 0.15) is 12.5 Å². The lowest BCUT2D eigenvalue weighted by Crippen LogP contribution is -2.49. The largest absolute Gasteiger partial charge is 0.497 e. The first-order valence-electron chi connectivity index (χ1n) is 7.79. The topological polar surface area (TPSA) is 50.8 Å². The number of methoxy groups -OCH3 is 1. The Morgan fingerprint density at radius 3 is 2.82 bits per heavy atom. The Balaban J connectivity index is 1.74. The van der Waals surface area contributed by atoms with Gasteiger partial charge >= 0.3 is 0 Å². The standard InChI is InChI=1S/C17H26N2O3/c1-13(10-14-4-6-15(21-3)7-5-14)11-18-17(20)16-12-19(2)8-9-22-16/h4-7,13,16H,8-12H2,1-3H3,(H,18,20)/t13-,16+/m1/s1. The normalized spacial score (nSPS) is 20.4. The fraction of sp³-hybridized carbons (Fsp3) is 0.588. The van der Waals surface area contributed by atoms with Crippen molar-refractivity contribution in [3.63, 3.8) is 0 Å². The molecule has 0 spiro atoms. The van der Waals surface area contributed by atoms with Gasteiger partial charge in [0.05, 0.1) is 13.7 Å². The predicted molar refractivity (Wildman–Crippen MR) is 86.1 cm³/mol. The van der Waals surface area contributed by atoms with Gasteiger partial charge in [-0.1, -0.05) is 19.1 Å². The van der Waals surface area contributed by atoms with E-state index in [0.29, 0.717) is 25.6 Å². The Bertz CT molecular complexity index is 475. The summed E-state index contributed by atoms with van der Waals surface area (Å²) in [4.78, 5) is 14.2. The van der Waals surface area contributed by atoms with Gasteiger partial charge in [0.25, 0.3) is 0 Å². The van der Waals surface area contributed by atoms with Gasteiger partial charge in [-0.05, 0) is 37.1 Å². The second kappa shape index (κ2) is 8.15. The van der Waals surface area contributed by atoms with Gasteiger partial charge in [-0.15, -0.1) is 0 Å². The number of morpholine rings is 1. The first-order chi connectivity index (χ1) is 10.6. The molecule has 2 rings (SSSR count). The van der Waals surface area contributed by atoms with Crippen LogP contribution in [0.15, 0.2) is 24.3 Å². The van der Waals surface area contributed by atoms with Crippen LogP contribution in [0.5, 0.6) is 5.75 Å². The first kappa shape index (κ1) is 16.8. The molecule has 1 aromatic rings. The molecule has 5 heteroatoms. The summed E-state index contributed by atoms with van der Waals surface area (Å²) in [6, 6.07) is 8.06. The molecule has 5 nitrogen and oxygen atoms in total. The molecular formula is C17H26N2O3. The lowest BCUT2D eigenvalue weighted by Gasteiger charge is -2.29. The Morgan fingerprint density at radius 1 is 1.45 bits per heavy atom. The van der Waals surface area contributed by atoms with Gasteiger partial charge in [0.15, 0.2) is 0 Å². The van der Waals surface area contributed by atoms with Crippen molar-refractivity contribution in [2.45, 2.75) is 19.4 Å². The SMILES string of the molecule is COc1ccc(C[C@@H](C)CNC(=O)[C@@H]2CN(C)CCO2)cc1. The molecule has 2 atom stereocenters. The van der Waals surface area contributed by atoms with Crippen LogP contribution in [0.3, 0.4) is 0 Å². The van der Waals surface area contributed by atoms with Crippen LogP contribution in [0, 0.1) is 5.92 Å². The molecule has 0 unspecified atom stereocenters. The number of likely N-dealkylation sites (N-methyl/N-ethyl adjacent to an activating group) is 1. The number of carbonyl (C=O) groups is 1. The highest BCUT2D eigenvalue weighted by atomic mass is 16.5. The molecule has 122 valence electrons. The van der Waals surface area contributed by atoms with Gasteiger partial charge in [-0.3, -0.25) is 4.79 Å². The van der Waals surface area contributed by atoms with Gasteiger partial charge in [0, 0.05) is 19.6 Å². The van der Waals surface area contributed by atoms with E-state index in [2.05, 4.69) is 29.3 Å². The zero-order valence-corrected chi connectivity index (χ0v) is 13.7. The van der Waals surface area contributed by atoms with Crippen molar-refractivity contribution in [2.75, 3.05) is 40.4 Å². The summed E-state index contributed by atoms with van der Waals surface area (Å²) >= 11 is 0. The molecule has 1 amide bonds. The van der Waals surface area contributed by atoms with Crippen molar-refractivity contribution in [3.8, 4) is 5.75 Å². The fourth-order valence-electron chi connectivity index (χ4n) is 2.56. The molecule has 1 saturated heterocycles. The van der Waals surface area contributed by atoms with E-state index in [1.165, 1.54) is 5.56 Å². The first-order valence-corrected chi connectivity index (χ1v) is 7.79. The number of ether oxygens (including phenoxy) is 2. The van der Waals surface area contributed by atoms with Gasteiger partial charge in [-0.2, -0.15) is 0 Å². The maximum absolute atomic E-state index is 12.1. The number of carbonyl (C=O) groups excluding carboxylic acids is 1. The number of nitrogens with one attached hydrogen (secondary N) is 1. The third-order valence-corrected chi connectivity index (χ3v) is 3.93. The number of benzene rings is 1. The molecule has 1 heterocycles. The summed E-state index contributed by atoms with van der Waals surface area (Å²) < 4.78 is 10.7. The average molecular weight is 306 g/mol. The summed E-state index contributed by atoms with van der Waals surface area (Å²) in [7, 11) is 3.67. The fourth-order valence-corrected chi connectivity index (χ4v) is 2.56. The molecule has 1 fully saturated rings. The minimum absolute atomic E-state index is 0.00636. The Kier molecular flexibility index (Phi) is 6.21. The minimum Gasteiger partial charge on any atom is -0.497 e. The molecule has 0 aliphatic carbocycles. The Labute approximate surface area is 132 Å². The molecule has 0 bridgehead atoms. The number of nitrogens with zero attached hydrogens (tertiary/aromatic N) is 1. The molecule has 1 aliphatic heterocycles. The second-order valence-corrected chi connectivity index (χ2v) is 6.02. The average Bonchev–Trinajstić information content (AvgIpc) is 2.53. The second-order valence-electron chi connectivity index (χ2n) is 6.02. The van der Waals surface area contributed by atoms with Crippen molar-refractivity contribution < 1.29 is 14.3 Å². The van der Waals surface area contributed by atoms with E-state index < -0.39 is 0 Å². The van der Waals surface area contributed by atoms with Crippen LogP contribution < -0.4 is 10.1 Å². The van der Waals surface area contributed by atoms with Gasteiger partial charge in [-0.25, -0.2) is 0 Å². The molecule has 0 radical (unpaired) electrons. The smallest absolute Gasteiger partial charge is 0.250 e. The Hall–Kier alpha value is -1.59. The van der Waals surface area contributed by atoms with E-state index in [0.717, 1.165) is 18.7 Å². The highest BCUT2D eigenvalue weighted by Gasteiger charge is 2.24. The molecule has 0 saturated carbocycles. The van der Waals surface area contributed by atoms with E-state index in [4.69, 9.17) is 9.47 Å². The summed E-state index contributed by atoms with van der Waals surface area (Å²) in [6.45, 7) is 4.97. The van der Waals surface area contributed by atoms with E-state index >= 15 is 0 Å². The molecular weight excluding hydrogens is 280 g/mol. The van der Waals surface area contributed by atoms with E-state index in [-0.39, 0.29) is 12.0 Å². The van der Waals surface area contributed by atoms with Crippen molar-refractivity contribution in [3.05, 3.63) is 29.8 Å². The third-order valence-electron chi connectivity index (χ3n) is 3.93. The number of rotatable bonds is 6. The zero-order valence-electron chi connectivity index (χ0n) is 13.7.